The number of hydrazone groups is 1. The second-order valence-electron chi connectivity index (χ2n) is 5.82. The summed E-state index contributed by atoms with van der Waals surface area (Å²) in [5, 5.41) is 18.7. The fraction of sp³-hybridized carbons (Fsp3) is 0.105. The quantitative estimate of drug-likeness (QED) is 0.499. The molecule has 1 aromatic heterocycles. The number of halogens is 2. The molecule has 0 aliphatic rings. The minimum Gasteiger partial charge on any atom is -0.508 e. The molecule has 6 nitrogen and oxygen atoms in total. The van der Waals surface area contributed by atoms with Crippen LogP contribution < -0.4 is 5.43 Å². The first-order valence-electron chi connectivity index (χ1n) is 8.04. The maximum absolute atomic E-state index is 12.0. The van der Waals surface area contributed by atoms with E-state index < -0.39 is 5.91 Å². The zero-order chi connectivity index (χ0) is 19.4. The fourth-order valence-electron chi connectivity index (χ4n) is 2.41. The minimum absolute atomic E-state index is 0.0885. The molecule has 3 rings (SSSR count). The Morgan fingerprint density at radius 1 is 1.19 bits per heavy atom. The van der Waals surface area contributed by atoms with Crippen LogP contribution in [0.15, 0.2) is 53.6 Å². The van der Waals surface area contributed by atoms with Gasteiger partial charge in [-0.3, -0.25) is 4.79 Å². The monoisotopic (exact) mass is 402 g/mol. The largest absolute Gasteiger partial charge is 0.508 e. The zero-order valence-corrected chi connectivity index (χ0v) is 15.9. The van der Waals surface area contributed by atoms with Crippen molar-refractivity contribution in [2.45, 2.75) is 13.5 Å². The molecule has 8 heteroatoms. The van der Waals surface area contributed by atoms with Crippen molar-refractivity contribution in [3.05, 3.63) is 81.1 Å². The Morgan fingerprint density at radius 2 is 1.85 bits per heavy atom. The molecule has 0 aliphatic carbocycles. The van der Waals surface area contributed by atoms with Crippen LogP contribution in [0.3, 0.4) is 0 Å². The molecule has 0 spiro atoms. The first-order chi connectivity index (χ1) is 12.9. The zero-order valence-electron chi connectivity index (χ0n) is 14.4. The Morgan fingerprint density at radius 3 is 2.52 bits per heavy atom. The van der Waals surface area contributed by atoms with Crippen molar-refractivity contribution >= 4 is 35.3 Å². The van der Waals surface area contributed by atoms with Crippen LogP contribution in [0, 0.1) is 6.92 Å². The summed E-state index contributed by atoms with van der Waals surface area (Å²) in [6.45, 7) is 2.30. The van der Waals surface area contributed by atoms with E-state index in [1.807, 2.05) is 31.2 Å². The van der Waals surface area contributed by atoms with Gasteiger partial charge >= 0.3 is 0 Å². The van der Waals surface area contributed by atoms with Gasteiger partial charge in [-0.2, -0.15) is 10.2 Å². The van der Waals surface area contributed by atoms with Crippen LogP contribution in [0.5, 0.6) is 5.75 Å². The molecule has 0 atom stereocenters. The van der Waals surface area contributed by atoms with Gasteiger partial charge in [0.2, 0.25) is 0 Å². The molecular weight excluding hydrogens is 387 g/mol. The Bertz CT molecular complexity index is 980. The number of rotatable bonds is 5. The molecule has 2 N–H and O–H groups in total. The molecule has 0 saturated carbocycles. The van der Waals surface area contributed by atoms with Gasteiger partial charge in [-0.15, -0.1) is 0 Å². The molecule has 3 aromatic rings. The summed E-state index contributed by atoms with van der Waals surface area (Å²) >= 11 is 12.3. The van der Waals surface area contributed by atoms with E-state index in [-0.39, 0.29) is 5.75 Å². The second-order valence-corrected chi connectivity index (χ2v) is 6.61. The van der Waals surface area contributed by atoms with E-state index in [0.29, 0.717) is 33.5 Å². The molecule has 138 valence electrons. The van der Waals surface area contributed by atoms with Crippen molar-refractivity contribution < 1.29 is 9.90 Å². The van der Waals surface area contributed by atoms with Crippen LogP contribution in [-0.2, 0) is 6.54 Å². The molecule has 0 saturated heterocycles. The number of aryl methyl sites for hydroxylation is 1. The maximum Gasteiger partial charge on any atom is 0.271 e. The number of benzene rings is 2. The Kier molecular flexibility index (Phi) is 5.78. The molecule has 0 aliphatic heterocycles. The van der Waals surface area contributed by atoms with E-state index in [9.17, 15) is 9.90 Å². The minimum atomic E-state index is -0.395. The highest BCUT2D eigenvalue weighted by Gasteiger charge is 2.12. The van der Waals surface area contributed by atoms with Gasteiger partial charge in [0.05, 0.1) is 24.0 Å². The smallest absolute Gasteiger partial charge is 0.271 e. The van der Waals surface area contributed by atoms with E-state index in [2.05, 4.69) is 15.6 Å². The predicted molar refractivity (Wildman–Crippen MR) is 106 cm³/mol. The van der Waals surface area contributed by atoms with Gasteiger partial charge in [-0.05, 0) is 48.9 Å². The molecule has 0 radical (unpaired) electrons. The number of carbonyl (C=O) groups excluding carboxylic acids is 1. The number of hydrogen-bond acceptors (Lipinski definition) is 4. The van der Waals surface area contributed by atoms with Gasteiger partial charge in [-0.1, -0.05) is 35.3 Å². The third-order valence-electron chi connectivity index (χ3n) is 3.84. The first-order valence-corrected chi connectivity index (χ1v) is 8.79. The number of nitrogens with one attached hydrogen (secondary N) is 1. The number of nitrogens with zero attached hydrogens (tertiary/aromatic N) is 3. The molecule has 0 bridgehead atoms. The van der Waals surface area contributed by atoms with E-state index in [1.165, 1.54) is 30.5 Å². The van der Waals surface area contributed by atoms with Gasteiger partial charge in [0, 0.05) is 10.6 Å². The van der Waals surface area contributed by atoms with Gasteiger partial charge in [0.1, 0.15) is 10.9 Å². The highest BCUT2D eigenvalue weighted by atomic mass is 35.5. The molecule has 1 heterocycles. The first kappa shape index (κ1) is 18.9. The highest BCUT2D eigenvalue weighted by molar-refractivity contribution is 6.32. The third-order valence-corrected chi connectivity index (χ3v) is 4.49. The van der Waals surface area contributed by atoms with Crippen molar-refractivity contribution in [1.82, 2.24) is 15.2 Å². The van der Waals surface area contributed by atoms with Crippen molar-refractivity contribution in [2.24, 2.45) is 5.10 Å². The average Bonchev–Trinajstić information content (AvgIpc) is 2.91. The van der Waals surface area contributed by atoms with Crippen LogP contribution in [0.25, 0.3) is 0 Å². The summed E-state index contributed by atoms with van der Waals surface area (Å²) in [5.41, 5.74) is 5.13. The number of phenols is 1. The number of aromatic nitrogens is 2. The lowest BCUT2D eigenvalue weighted by molar-refractivity contribution is 0.0955. The topological polar surface area (TPSA) is 79.5 Å². The predicted octanol–water partition coefficient (Wildman–Crippen LogP) is 4.02. The van der Waals surface area contributed by atoms with Crippen LogP contribution >= 0.6 is 23.2 Å². The van der Waals surface area contributed by atoms with E-state index in [0.717, 1.165) is 5.56 Å². The number of hydrogen-bond donors (Lipinski definition) is 2. The third kappa shape index (κ3) is 4.67. The van der Waals surface area contributed by atoms with Crippen LogP contribution in [0.2, 0.25) is 10.2 Å². The summed E-state index contributed by atoms with van der Waals surface area (Å²) in [7, 11) is 0. The van der Waals surface area contributed by atoms with Gasteiger partial charge in [0.15, 0.2) is 0 Å². The Hall–Kier alpha value is -2.83. The highest BCUT2D eigenvalue weighted by Crippen LogP contribution is 2.20. The standard InChI is InChI=1S/C19H16Cl2N4O2/c1-12-17(10-22-23-19(27)14-4-8-16(26)9-5-14)18(21)25(24-12)11-13-2-6-15(20)7-3-13/h2-10,26H,11H2,1H3,(H,23,27). The lowest BCUT2D eigenvalue weighted by Crippen LogP contribution is -2.17. The van der Waals surface area contributed by atoms with Crippen molar-refractivity contribution in [2.75, 3.05) is 0 Å². The lowest BCUT2D eigenvalue weighted by Gasteiger charge is -2.03. The number of phenolic OH excluding ortho intramolecular Hbond substituents is 1. The molecule has 0 unspecified atom stereocenters. The number of aromatic hydroxyl groups is 1. The van der Waals surface area contributed by atoms with Gasteiger partial charge in [0.25, 0.3) is 5.91 Å². The van der Waals surface area contributed by atoms with Crippen molar-refractivity contribution in [3.8, 4) is 5.75 Å². The second kappa shape index (κ2) is 8.24. The molecule has 1 amide bonds. The molecule has 27 heavy (non-hydrogen) atoms. The van der Waals surface area contributed by atoms with Crippen LogP contribution in [-0.4, -0.2) is 27.0 Å². The molecule has 2 aromatic carbocycles. The summed E-state index contributed by atoms with van der Waals surface area (Å²) in [5.74, 6) is -0.306. The summed E-state index contributed by atoms with van der Waals surface area (Å²) in [6.07, 6.45) is 1.46. The van der Waals surface area contributed by atoms with E-state index >= 15 is 0 Å². The van der Waals surface area contributed by atoms with Crippen LogP contribution in [0.4, 0.5) is 0 Å². The van der Waals surface area contributed by atoms with Gasteiger partial charge in [-0.25, -0.2) is 10.1 Å². The number of carbonyl (C=O) groups is 1. The summed E-state index contributed by atoms with van der Waals surface area (Å²) in [6, 6.07) is 13.3. The average molecular weight is 403 g/mol. The Balaban J connectivity index is 1.70. The summed E-state index contributed by atoms with van der Waals surface area (Å²) in [4.78, 5) is 12.0. The van der Waals surface area contributed by atoms with E-state index in [1.54, 1.807) is 4.68 Å². The van der Waals surface area contributed by atoms with Gasteiger partial charge < -0.3 is 5.11 Å². The maximum atomic E-state index is 12.0. The Labute approximate surface area is 166 Å². The normalized spacial score (nSPS) is 11.1. The van der Waals surface area contributed by atoms with Crippen molar-refractivity contribution in [3.63, 3.8) is 0 Å². The molecular formula is C19H16Cl2N4O2. The SMILES string of the molecule is Cc1nn(Cc2ccc(Cl)cc2)c(Cl)c1C=NNC(=O)c1ccc(O)cc1. The fourth-order valence-corrected chi connectivity index (χ4v) is 2.82. The summed E-state index contributed by atoms with van der Waals surface area (Å²) < 4.78 is 1.66. The lowest BCUT2D eigenvalue weighted by atomic mass is 10.2. The molecule has 0 fully saturated rings. The van der Waals surface area contributed by atoms with E-state index in [4.69, 9.17) is 23.2 Å². The van der Waals surface area contributed by atoms with Crippen LogP contribution in [0.1, 0.15) is 27.2 Å². The number of amides is 1. The van der Waals surface area contributed by atoms with Crippen molar-refractivity contribution in [1.29, 1.82) is 0 Å².